The summed E-state index contributed by atoms with van der Waals surface area (Å²) < 4.78 is 0. The van der Waals surface area contributed by atoms with Gasteiger partial charge in [-0.25, -0.2) is 0 Å². The van der Waals surface area contributed by atoms with Crippen LogP contribution in [0.25, 0.3) is 10.9 Å². The molecular weight excluding hydrogens is 276 g/mol. The van der Waals surface area contributed by atoms with Crippen LogP contribution in [0.4, 0.5) is 0 Å². The van der Waals surface area contributed by atoms with Crippen LogP contribution >= 0.6 is 0 Å². The standard InChI is InChI=1S/C18H24N2O2/c1-4-7-16(21)20(10-5-2)12-15-11-14-9-6-8-13(3)17(14)19-18(15)22/h6,8-9,11H,4-5,7,10,12H2,1-3H3,(H,19,22). The zero-order chi connectivity index (χ0) is 16.1. The lowest BCUT2D eigenvalue weighted by molar-refractivity contribution is -0.131. The highest BCUT2D eigenvalue weighted by Gasteiger charge is 2.14. The number of hydrogen-bond donors (Lipinski definition) is 1. The molecule has 0 aliphatic heterocycles. The Labute approximate surface area is 131 Å². The summed E-state index contributed by atoms with van der Waals surface area (Å²) in [5, 5.41) is 1.01. The molecule has 1 aromatic heterocycles. The number of aromatic nitrogens is 1. The average Bonchev–Trinajstić information content (AvgIpc) is 2.49. The van der Waals surface area contributed by atoms with Gasteiger partial charge in [-0.1, -0.05) is 32.0 Å². The first-order valence-corrected chi connectivity index (χ1v) is 7.96. The van der Waals surface area contributed by atoms with Crippen molar-refractivity contribution in [3.05, 3.63) is 45.7 Å². The maximum atomic E-state index is 12.3. The number of amides is 1. The van der Waals surface area contributed by atoms with Gasteiger partial charge in [-0.15, -0.1) is 0 Å². The van der Waals surface area contributed by atoms with E-state index in [1.165, 1.54) is 0 Å². The molecule has 1 amide bonds. The molecule has 0 bridgehead atoms. The molecule has 0 atom stereocenters. The monoisotopic (exact) mass is 300 g/mol. The molecule has 4 heteroatoms. The molecule has 0 aliphatic rings. The van der Waals surface area contributed by atoms with E-state index in [0.717, 1.165) is 29.3 Å². The van der Waals surface area contributed by atoms with E-state index < -0.39 is 0 Å². The first kappa shape index (κ1) is 16.3. The Morgan fingerprint density at radius 3 is 2.68 bits per heavy atom. The summed E-state index contributed by atoms with van der Waals surface area (Å²) in [7, 11) is 0. The number of nitrogens with zero attached hydrogens (tertiary/aromatic N) is 1. The summed E-state index contributed by atoms with van der Waals surface area (Å²) in [4.78, 5) is 29.2. The van der Waals surface area contributed by atoms with Gasteiger partial charge in [-0.2, -0.15) is 0 Å². The summed E-state index contributed by atoms with van der Waals surface area (Å²) in [6.45, 7) is 7.08. The van der Waals surface area contributed by atoms with Gasteiger partial charge in [0.2, 0.25) is 5.91 Å². The Hall–Kier alpha value is -2.10. The van der Waals surface area contributed by atoms with Crippen molar-refractivity contribution in [2.45, 2.75) is 46.6 Å². The Bertz CT molecular complexity index is 719. The number of pyridine rings is 1. The third kappa shape index (κ3) is 3.56. The van der Waals surface area contributed by atoms with Crippen molar-refractivity contribution in [3.8, 4) is 0 Å². The minimum Gasteiger partial charge on any atom is -0.338 e. The number of hydrogen-bond acceptors (Lipinski definition) is 2. The van der Waals surface area contributed by atoms with Gasteiger partial charge in [0.15, 0.2) is 0 Å². The Kier molecular flexibility index (Phi) is 5.36. The molecule has 118 valence electrons. The molecular formula is C18H24N2O2. The Morgan fingerprint density at radius 2 is 2.00 bits per heavy atom. The highest BCUT2D eigenvalue weighted by molar-refractivity contribution is 5.82. The largest absolute Gasteiger partial charge is 0.338 e. The van der Waals surface area contributed by atoms with Crippen LogP contribution < -0.4 is 5.56 Å². The number of aromatic amines is 1. The molecule has 0 saturated carbocycles. The molecule has 2 rings (SSSR count). The van der Waals surface area contributed by atoms with Gasteiger partial charge in [-0.05, 0) is 36.8 Å². The van der Waals surface area contributed by atoms with Crippen LogP contribution in [0, 0.1) is 6.92 Å². The number of fused-ring (bicyclic) bond motifs is 1. The second kappa shape index (κ2) is 7.25. The average molecular weight is 300 g/mol. The van der Waals surface area contributed by atoms with Crippen molar-refractivity contribution in [2.24, 2.45) is 0 Å². The quantitative estimate of drug-likeness (QED) is 0.889. The molecule has 0 saturated heterocycles. The van der Waals surface area contributed by atoms with Crippen molar-refractivity contribution in [3.63, 3.8) is 0 Å². The molecule has 4 nitrogen and oxygen atoms in total. The van der Waals surface area contributed by atoms with Gasteiger partial charge in [0.25, 0.3) is 5.56 Å². The first-order valence-electron chi connectivity index (χ1n) is 7.96. The number of carbonyl (C=O) groups is 1. The zero-order valence-corrected chi connectivity index (χ0v) is 13.6. The topological polar surface area (TPSA) is 53.2 Å². The summed E-state index contributed by atoms with van der Waals surface area (Å²) in [5.41, 5.74) is 2.47. The Morgan fingerprint density at radius 1 is 1.23 bits per heavy atom. The number of aryl methyl sites for hydroxylation is 1. The SMILES string of the molecule is CCCC(=O)N(CCC)Cc1cc2cccc(C)c2[nH]c1=O. The number of nitrogens with one attached hydrogen (secondary N) is 1. The third-order valence-electron chi connectivity index (χ3n) is 3.84. The lowest BCUT2D eigenvalue weighted by atomic mass is 10.1. The maximum Gasteiger partial charge on any atom is 0.253 e. The smallest absolute Gasteiger partial charge is 0.253 e. The summed E-state index contributed by atoms with van der Waals surface area (Å²) in [6, 6.07) is 7.85. The van der Waals surface area contributed by atoms with Crippen LogP contribution in [-0.2, 0) is 11.3 Å². The number of para-hydroxylation sites is 1. The van der Waals surface area contributed by atoms with E-state index >= 15 is 0 Å². The molecule has 1 heterocycles. The van der Waals surface area contributed by atoms with E-state index in [-0.39, 0.29) is 11.5 Å². The molecule has 0 radical (unpaired) electrons. The molecule has 22 heavy (non-hydrogen) atoms. The minimum atomic E-state index is -0.104. The first-order chi connectivity index (χ1) is 10.6. The van der Waals surface area contributed by atoms with E-state index in [0.29, 0.717) is 25.1 Å². The van der Waals surface area contributed by atoms with Crippen molar-refractivity contribution in [2.75, 3.05) is 6.54 Å². The van der Waals surface area contributed by atoms with Crippen molar-refractivity contribution in [1.29, 1.82) is 0 Å². The second-order valence-electron chi connectivity index (χ2n) is 5.73. The Balaban J connectivity index is 2.35. The number of rotatable bonds is 6. The van der Waals surface area contributed by atoms with Crippen molar-refractivity contribution < 1.29 is 4.79 Å². The summed E-state index contributed by atoms with van der Waals surface area (Å²) in [5.74, 6) is 0.119. The fourth-order valence-electron chi connectivity index (χ4n) is 2.69. The van der Waals surface area contributed by atoms with Gasteiger partial charge in [-0.3, -0.25) is 9.59 Å². The van der Waals surface area contributed by atoms with E-state index in [1.807, 2.05) is 45.0 Å². The normalized spacial score (nSPS) is 10.9. The van der Waals surface area contributed by atoms with E-state index in [1.54, 1.807) is 4.90 Å². The van der Waals surface area contributed by atoms with Gasteiger partial charge >= 0.3 is 0 Å². The van der Waals surface area contributed by atoms with Crippen LogP contribution in [0.2, 0.25) is 0 Å². The lowest BCUT2D eigenvalue weighted by Crippen LogP contribution is -2.33. The van der Waals surface area contributed by atoms with Crippen LogP contribution in [-0.4, -0.2) is 22.3 Å². The molecule has 1 N–H and O–H groups in total. The van der Waals surface area contributed by atoms with Gasteiger partial charge in [0, 0.05) is 18.5 Å². The fraction of sp³-hybridized carbons (Fsp3) is 0.444. The number of carbonyl (C=O) groups excluding carboxylic acids is 1. The third-order valence-corrected chi connectivity index (χ3v) is 3.84. The summed E-state index contributed by atoms with van der Waals surface area (Å²) in [6.07, 6.45) is 2.25. The number of benzene rings is 1. The second-order valence-corrected chi connectivity index (χ2v) is 5.73. The predicted octanol–water partition coefficient (Wildman–Crippen LogP) is 3.38. The van der Waals surface area contributed by atoms with Crippen LogP contribution in [0.3, 0.4) is 0 Å². The number of H-pyrrole nitrogens is 1. The fourth-order valence-corrected chi connectivity index (χ4v) is 2.69. The van der Waals surface area contributed by atoms with Crippen LogP contribution in [0.5, 0.6) is 0 Å². The van der Waals surface area contributed by atoms with E-state index in [2.05, 4.69) is 4.98 Å². The molecule has 1 aromatic carbocycles. The highest BCUT2D eigenvalue weighted by Crippen LogP contribution is 2.16. The van der Waals surface area contributed by atoms with Crippen LogP contribution in [0.1, 0.15) is 44.2 Å². The van der Waals surface area contributed by atoms with Crippen molar-refractivity contribution >= 4 is 16.8 Å². The lowest BCUT2D eigenvalue weighted by Gasteiger charge is -2.22. The minimum absolute atomic E-state index is 0.104. The molecule has 0 unspecified atom stereocenters. The molecule has 0 fully saturated rings. The van der Waals surface area contributed by atoms with E-state index in [9.17, 15) is 9.59 Å². The summed E-state index contributed by atoms with van der Waals surface area (Å²) >= 11 is 0. The van der Waals surface area contributed by atoms with Gasteiger partial charge in [0.05, 0.1) is 12.1 Å². The predicted molar refractivity (Wildman–Crippen MR) is 89.9 cm³/mol. The maximum absolute atomic E-state index is 12.3. The molecule has 0 spiro atoms. The van der Waals surface area contributed by atoms with Gasteiger partial charge < -0.3 is 9.88 Å². The van der Waals surface area contributed by atoms with Crippen molar-refractivity contribution in [1.82, 2.24) is 9.88 Å². The van der Waals surface area contributed by atoms with Gasteiger partial charge in [0.1, 0.15) is 0 Å². The van der Waals surface area contributed by atoms with E-state index in [4.69, 9.17) is 0 Å². The molecule has 2 aromatic rings. The zero-order valence-electron chi connectivity index (χ0n) is 13.6. The highest BCUT2D eigenvalue weighted by atomic mass is 16.2. The van der Waals surface area contributed by atoms with Crippen LogP contribution in [0.15, 0.2) is 29.1 Å². The molecule has 0 aliphatic carbocycles.